The van der Waals surface area contributed by atoms with Gasteiger partial charge in [0.05, 0.1) is 13.2 Å². The van der Waals surface area contributed by atoms with Crippen molar-refractivity contribution in [3.05, 3.63) is 47.7 Å². The highest BCUT2D eigenvalue weighted by Crippen LogP contribution is 2.54. The molecule has 1 aliphatic carbocycles. The molecule has 0 saturated heterocycles. The number of para-hydroxylation sites is 1. The van der Waals surface area contributed by atoms with E-state index in [4.69, 9.17) is 4.74 Å². The third kappa shape index (κ3) is 1.94. The van der Waals surface area contributed by atoms with E-state index < -0.39 is 0 Å². The molecule has 0 unspecified atom stereocenters. The molecule has 1 amide bonds. The van der Waals surface area contributed by atoms with Crippen LogP contribution in [0.3, 0.4) is 0 Å². The number of nitrogens with zero attached hydrogens (tertiary/aromatic N) is 1. The number of nitrogens with one attached hydrogen (secondary N) is 1. The molecule has 0 spiro atoms. The van der Waals surface area contributed by atoms with Crippen molar-refractivity contribution in [2.75, 3.05) is 13.7 Å². The largest absolute Gasteiger partial charge is 0.453 e. The van der Waals surface area contributed by atoms with Crippen molar-refractivity contribution < 1.29 is 9.53 Å². The Morgan fingerprint density at radius 1 is 1.43 bits per heavy atom. The number of rotatable bonds is 1. The van der Waals surface area contributed by atoms with Crippen LogP contribution in [0, 0.1) is 5.41 Å². The third-order valence-corrected chi connectivity index (χ3v) is 5.62. The number of carbonyl (C=O) groups excluding carboxylic acids is 1. The Kier molecular flexibility index (Phi) is 3.22. The van der Waals surface area contributed by atoms with Gasteiger partial charge in [0.1, 0.15) is 0 Å². The van der Waals surface area contributed by atoms with Gasteiger partial charge in [-0.1, -0.05) is 37.3 Å². The minimum atomic E-state index is -0.240. The predicted molar refractivity (Wildman–Crippen MR) is 90.3 cm³/mol. The summed E-state index contributed by atoms with van der Waals surface area (Å²) in [6, 6.07) is 8.44. The number of hydrogen-bond donors (Lipinski definition) is 1. The molecule has 4 rings (SSSR count). The van der Waals surface area contributed by atoms with Gasteiger partial charge in [-0.3, -0.25) is 4.90 Å². The van der Waals surface area contributed by atoms with Crippen LogP contribution in [0.1, 0.15) is 37.1 Å². The van der Waals surface area contributed by atoms with Crippen molar-refractivity contribution in [1.82, 2.24) is 9.88 Å². The highest BCUT2D eigenvalue weighted by Gasteiger charge is 2.48. The molecule has 2 aromatic rings. The summed E-state index contributed by atoms with van der Waals surface area (Å²) in [5, 5.41) is 1.23. The van der Waals surface area contributed by atoms with Crippen LogP contribution in [-0.4, -0.2) is 29.6 Å². The molecule has 1 aromatic carbocycles. The number of aromatic amines is 1. The number of aromatic nitrogens is 1. The summed E-state index contributed by atoms with van der Waals surface area (Å²) >= 11 is 0. The van der Waals surface area contributed by atoms with E-state index in [-0.39, 0.29) is 17.6 Å². The second kappa shape index (κ2) is 5.15. The van der Waals surface area contributed by atoms with Gasteiger partial charge >= 0.3 is 6.09 Å². The quantitative estimate of drug-likeness (QED) is 0.803. The van der Waals surface area contributed by atoms with Gasteiger partial charge in [-0.25, -0.2) is 4.79 Å². The van der Waals surface area contributed by atoms with E-state index in [1.807, 2.05) is 4.90 Å². The molecule has 1 N–H and O–H groups in total. The van der Waals surface area contributed by atoms with Crippen LogP contribution in [0.4, 0.5) is 4.79 Å². The predicted octanol–water partition coefficient (Wildman–Crippen LogP) is 4.19. The van der Waals surface area contributed by atoms with Crippen LogP contribution >= 0.6 is 0 Å². The molecular formula is C19H22N2O2. The SMILES string of the molecule is CC[C@]12C=CCN(C(=O)OC)[C@H]1c1c([nH]c3ccccc13)CC2. The lowest BCUT2D eigenvalue weighted by Crippen LogP contribution is -2.48. The fourth-order valence-electron chi connectivity index (χ4n) is 4.44. The number of benzene rings is 1. The van der Waals surface area contributed by atoms with Gasteiger partial charge in [-0.2, -0.15) is 0 Å². The zero-order chi connectivity index (χ0) is 16.0. The molecule has 0 radical (unpaired) electrons. The summed E-state index contributed by atoms with van der Waals surface area (Å²) < 4.78 is 5.07. The van der Waals surface area contributed by atoms with Crippen LogP contribution in [-0.2, 0) is 11.2 Å². The van der Waals surface area contributed by atoms with Gasteiger partial charge in [0.25, 0.3) is 0 Å². The van der Waals surface area contributed by atoms with Gasteiger partial charge in [-0.05, 0) is 25.3 Å². The van der Waals surface area contributed by atoms with Crippen molar-refractivity contribution in [2.45, 2.75) is 32.2 Å². The van der Waals surface area contributed by atoms with Crippen molar-refractivity contribution >= 4 is 17.0 Å². The van der Waals surface area contributed by atoms with Crippen LogP contribution in [0.25, 0.3) is 10.9 Å². The van der Waals surface area contributed by atoms with Gasteiger partial charge in [0, 0.05) is 34.1 Å². The molecule has 1 aromatic heterocycles. The molecular weight excluding hydrogens is 288 g/mol. The van der Waals surface area contributed by atoms with Crippen molar-refractivity contribution in [2.24, 2.45) is 5.41 Å². The van der Waals surface area contributed by atoms with E-state index in [2.05, 4.69) is 48.3 Å². The van der Waals surface area contributed by atoms with Gasteiger partial charge in [-0.15, -0.1) is 0 Å². The Morgan fingerprint density at radius 3 is 3.04 bits per heavy atom. The Morgan fingerprint density at radius 2 is 2.26 bits per heavy atom. The first-order valence-electron chi connectivity index (χ1n) is 8.32. The zero-order valence-electron chi connectivity index (χ0n) is 13.6. The molecule has 1 aliphatic heterocycles. The number of methoxy groups -OCH3 is 1. The Hall–Kier alpha value is -2.23. The molecule has 4 nitrogen and oxygen atoms in total. The second-order valence-corrected chi connectivity index (χ2v) is 6.58. The maximum atomic E-state index is 12.4. The summed E-state index contributed by atoms with van der Waals surface area (Å²) in [5.41, 5.74) is 3.71. The van der Waals surface area contributed by atoms with Gasteiger partial charge < -0.3 is 9.72 Å². The fourth-order valence-corrected chi connectivity index (χ4v) is 4.44. The Labute approximate surface area is 136 Å². The number of ether oxygens (including phenoxy) is 1. The van der Waals surface area contributed by atoms with E-state index in [0.717, 1.165) is 24.8 Å². The van der Waals surface area contributed by atoms with E-state index >= 15 is 0 Å². The number of hydrogen-bond acceptors (Lipinski definition) is 2. The summed E-state index contributed by atoms with van der Waals surface area (Å²) in [7, 11) is 1.47. The number of H-pyrrole nitrogens is 1. The lowest BCUT2D eigenvalue weighted by atomic mass is 9.65. The first-order chi connectivity index (χ1) is 11.2. The van der Waals surface area contributed by atoms with Crippen molar-refractivity contribution in [1.29, 1.82) is 0 Å². The van der Waals surface area contributed by atoms with Gasteiger partial charge in [0.2, 0.25) is 0 Å². The average molecular weight is 310 g/mol. The Balaban J connectivity index is 1.96. The lowest BCUT2D eigenvalue weighted by Gasteiger charge is -2.49. The monoisotopic (exact) mass is 310 g/mol. The van der Waals surface area contributed by atoms with E-state index in [9.17, 15) is 4.79 Å². The zero-order valence-corrected chi connectivity index (χ0v) is 13.6. The van der Waals surface area contributed by atoms with E-state index in [1.165, 1.54) is 23.8 Å². The normalized spacial score (nSPS) is 26.0. The summed E-state index contributed by atoms with van der Waals surface area (Å²) in [6.45, 7) is 2.83. The minimum absolute atomic E-state index is 0.00437. The van der Waals surface area contributed by atoms with Crippen LogP contribution in [0.2, 0.25) is 0 Å². The number of carbonyl (C=O) groups is 1. The third-order valence-electron chi connectivity index (χ3n) is 5.62. The van der Waals surface area contributed by atoms with Crippen molar-refractivity contribution in [3.63, 3.8) is 0 Å². The number of aryl methyl sites for hydroxylation is 1. The number of fused-ring (bicyclic) bond motifs is 5. The molecule has 0 saturated carbocycles. The van der Waals surface area contributed by atoms with E-state index in [1.54, 1.807) is 0 Å². The lowest BCUT2D eigenvalue weighted by molar-refractivity contribution is 0.0558. The summed E-state index contributed by atoms with van der Waals surface area (Å²) in [4.78, 5) is 17.9. The average Bonchev–Trinajstić information content (AvgIpc) is 2.98. The van der Waals surface area contributed by atoms with Crippen LogP contribution in [0.5, 0.6) is 0 Å². The van der Waals surface area contributed by atoms with Crippen LogP contribution in [0.15, 0.2) is 36.4 Å². The molecule has 2 heterocycles. The van der Waals surface area contributed by atoms with Gasteiger partial charge in [0.15, 0.2) is 0 Å². The smallest absolute Gasteiger partial charge is 0.410 e. The summed E-state index contributed by atoms with van der Waals surface area (Å²) in [5.74, 6) is 0. The first kappa shape index (κ1) is 14.4. The standard InChI is InChI=1S/C19H22N2O2/c1-3-19-10-6-12-21(18(22)23-2)17(19)16-13-7-4-5-8-14(13)20-15(16)9-11-19/h4-8,10,17,20H,3,9,11-12H2,1-2H3/t17-,19+/m0/s1. The first-order valence-corrected chi connectivity index (χ1v) is 8.32. The fraction of sp³-hybridized carbons (Fsp3) is 0.421. The molecule has 0 bridgehead atoms. The molecule has 2 atom stereocenters. The maximum absolute atomic E-state index is 12.4. The Bertz CT molecular complexity index is 792. The topological polar surface area (TPSA) is 45.3 Å². The molecule has 120 valence electrons. The molecule has 4 heteroatoms. The van der Waals surface area contributed by atoms with E-state index in [0.29, 0.717) is 6.54 Å². The summed E-state index contributed by atoms with van der Waals surface area (Å²) in [6.07, 6.45) is 7.31. The number of amides is 1. The minimum Gasteiger partial charge on any atom is -0.453 e. The second-order valence-electron chi connectivity index (χ2n) is 6.58. The highest BCUT2D eigenvalue weighted by molar-refractivity contribution is 5.86. The highest BCUT2D eigenvalue weighted by atomic mass is 16.5. The maximum Gasteiger partial charge on any atom is 0.410 e. The van der Waals surface area contributed by atoms with Crippen molar-refractivity contribution in [3.8, 4) is 0 Å². The molecule has 23 heavy (non-hydrogen) atoms. The van der Waals surface area contributed by atoms with Crippen LogP contribution < -0.4 is 0 Å². The molecule has 2 aliphatic rings. The molecule has 0 fully saturated rings.